The Morgan fingerprint density at radius 3 is 2.50 bits per heavy atom. The maximum absolute atomic E-state index is 12.6. The van der Waals surface area contributed by atoms with Crippen molar-refractivity contribution in [3.05, 3.63) is 36.2 Å². The number of ether oxygens (including phenoxy) is 3. The summed E-state index contributed by atoms with van der Waals surface area (Å²) in [6, 6.07) is 5.90. The zero-order valence-corrected chi connectivity index (χ0v) is 18.9. The van der Waals surface area contributed by atoms with E-state index in [2.05, 4.69) is 19.7 Å². The third-order valence-corrected chi connectivity index (χ3v) is 4.66. The maximum Gasteiger partial charge on any atom is 2.00 e. The minimum absolute atomic E-state index is 0. The number of imidazole rings is 1. The van der Waals surface area contributed by atoms with Crippen molar-refractivity contribution < 1.29 is 27.2 Å². The molecule has 2 heterocycles. The molecule has 1 atom stereocenters. The van der Waals surface area contributed by atoms with Gasteiger partial charge in [-0.3, -0.25) is 9.19 Å². The Labute approximate surface area is 194 Å². The van der Waals surface area contributed by atoms with Crippen LogP contribution in [0.5, 0.6) is 17.2 Å². The van der Waals surface area contributed by atoms with E-state index >= 15 is 0 Å². The van der Waals surface area contributed by atoms with Gasteiger partial charge in [0.15, 0.2) is 16.7 Å². The van der Waals surface area contributed by atoms with Crippen LogP contribution in [0.1, 0.15) is 5.69 Å². The van der Waals surface area contributed by atoms with Gasteiger partial charge in [-0.1, -0.05) is 0 Å². The van der Waals surface area contributed by atoms with Gasteiger partial charge < -0.3 is 19.2 Å². The van der Waals surface area contributed by atoms with E-state index in [0.29, 0.717) is 28.2 Å². The SMILES string of the molecule is COc1cnc(CS(=O)c2nc3ccc(OC(F)F)cc3[nH]2)cc1OC.[Mg+2].[Mg+2]. The summed E-state index contributed by atoms with van der Waals surface area (Å²) >= 11 is 0. The number of hydrogen-bond donors (Lipinski definition) is 1. The fraction of sp³-hybridized carbons (Fsp3) is 0.250. The Morgan fingerprint density at radius 2 is 1.86 bits per heavy atom. The number of alkyl halides is 2. The van der Waals surface area contributed by atoms with Gasteiger partial charge >= 0.3 is 52.7 Å². The third kappa shape index (κ3) is 5.89. The number of aromatic amines is 1. The van der Waals surface area contributed by atoms with Gasteiger partial charge in [-0.2, -0.15) is 8.78 Å². The maximum atomic E-state index is 12.6. The summed E-state index contributed by atoms with van der Waals surface area (Å²) < 4.78 is 51.8. The normalized spacial score (nSPS) is 11.5. The molecular formula is C16H15F2Mg2N3O4S+4. The molecule has 0 fully saturated rings. The first-order chi connectivity index (χ1) is 12.5. The molecular weight excluding hydrogens is 417 g/mol. The molecule has 28 heavy (non-hydrogen) atoms. The minimum atomic E-state index is -2.92. The van der Waals surface area contributed by atoms with Crippen molar-refractivity contribution in [2.45, 2.75) is 17.5 Å². The van der Waals surface area contributed by atoms with Crippen molar-refractivity contribution in [1.82, 2.24) is 15.0 Å². The Morgan fingerprint density at radius 1 is 1.14 bits per heavy atom. The number of rotatable bonds is 7. The van der Waals surface area contributed by atoms with Crippen LogP contribution in [0.4, 0.5) is 8.78 Å². The van der Waals surface area contributed by atoms with E-state index < -0.39 is 17.4 Å². The summed E-state index contributed by atoms with van der Waals surface area (Å²) in [5.41, 5.74) is 1.48. The number of benzene rings is 1. The molecule has 12 heteroatoms. The number of hydrogen-bond acceptors (Lipinski definition) is 6. The van der Waals surface area contributed by atoms with Gasteiger partial charge in [0.25, 0.3) is 0 Å². The van der Waals surface area contributed by atoms with Gasteiger partial charge in [0.2, 0.25) is 0 Å². The predicted octanol–water partition coefficient (Wildman–Crippen LogP) is 2.12. The van der Waals surface area contributed by atoms with Crippen molar-refractivity contribution >= 4 is 67.9 Å². The van der Waals surface area contributed by atoms with Crippen molar-refractivity contribution in [2.24, 2.45) is 0 Å². The number of fused-ring (bicyclic) bond motifs is 1. The number of nitrogens with one attached hydrogen (secondary N) is 1. The van der Waals surface area contributed by atoms with E-state index in [0.717, 1.165) is 0 Å². The number of methoxy groups -OCH3 is 2. The molecule has 3 aromatic rings. The molecule has 0 aliphatic carbocycles. The number of halogens is 2. The molecule has 0 aliphatic rings. The van der Waals surface area contributed by atoms with Gasteiger partial charge in [-0.15, -0.1) is 0 Å². The van der Waals surface area contributed by atoms with E-state index in [9.17, 15) is 13.0 Å². The van der Waals surface area contributed by atoms with Crippen molar-refractivity contribution in [2.75, 3.05) is 14.2 Å². The molecule has 1 aromatic carbocycles. The molecule has 0 saturated heterocycles. The summed E-state index contributed by atoms with van der Waals surface area (Å²) in [5.74, 6) is 1.04. The number of nitrogens with zero attached hydrogens (tertiary/aromatic N) is 2. The topological polar surface area (TPSA) is 86.3 Å². The average Bonchev–Trinajstić information content (AvgIpc) is 3.04. The molecule has 0 bridgehead atoms. The summed E-state index contributed by atoms with van der Waals surface area (Å²) in [5, 5.41) is 0.214. The Bertz CT molecular complexity index is 959. The standard InChI is InChI=1S/C16H15F2N3O4S.2Mg/c1-23-13-5-9(19-7-14(13)24-2)8-26(22)16-20-11-4-3-10(25-15(17)18)6-12(11)21-16;;/h3-7,15H,8H2,1-2H3,(H,20,21);;/q;2*+2. The predicted molar refractivity (Wildman–Crippen MR) is 102 cm³/mol. The molecule has 2 aromatic heterocycles. The Kier molecular flexibility index (Phi) is 9.83. The fourth-order valence-corrected chi connectivity index (χ4v) is 3.30. The van der Waals surface area contributed by atoms with E-state index in [1.165, 1.54) is 38.6 Å². The Hall–Kier alpha value is -1.22. The zero-order chi connectivity index (χ0) is 18.7. The van der Waals surface area contributed by atoms with Crippen LogP contribution in [-0.4, -0.2) is 86.1 Å². The monoisotopic (exact) mass is 431 g/mol. The number of pyridine rings is 1. The largest absolute Gasteiger partial charge is 2.00 e. The summed E-state index contributed by atoms with van der Waals surface area (Å²) in [7, 11) is 1.48. The molecule has 0 amide bonds. The van der Waals surface area contributed by atoms with E-state index in [1.54, 1.807) is 6.07 Å². The van der Waals surface area contributed by atoms with Crippen LogP contribution in [0.15, 0.2) is 35.6 Å². The molecule has 0 spiro atoms. The van der Waals surface area contributed by atoms with Gasteiger partial charge in [0.1, 0.15) is 5.75 Å². The summed E-state index contributed by atoms with van der Waals surface area (Å²) in [4.78, 5) is 11.3. The first-order valence-electron chi connectivity index (χ1n) is 7.40. The van der Waals surface area contributed by atoms with Crippen LogP contribution in [0, 0.1) is 0 Å². The molecule has 1 N–H and O–H groups in total. The molecule has 138 valence electrons. The van der Waals surface area contributed by atoms with Gasteiger partial charge in [-0.05, 0) is 12.1 Å². The second kappa shape index (κ2) is 11.1. The Balaban J connectivity index is 0.00000196. The van der Waals surface area contributed by atoms with Gasteiger partial charge in [0, 0.05) is 12.1 Å². The van der Waals surface area contributed by atoms with Gasteiger partial charge in [-0.25, -0.2) is 4.98 Å². The third-order valence-electron chi connectivity index (χ3n) is 3.48. The van der Waals surface area contributed by atoms with E-state index in [4.69, 9.17) is 9.47 Å². The zero-order valence-electron chi connectivity index (χ0n) is 15.3. The van der Waals surface area contributed by atoms with Crippen molar-refractivity contribution in [3.8, 4) is 17.2 Å². The molecule has 3 rings (SSSR count). The summed E-state index contributed by atoms with van der Waals surface area (Å²) in [6.45, 7) is -2.92. The number of H-pyrrole nitrogens is 1. The van der Waals surface area contributed by atoms with E-state index in [1.807, 2.05) is 0 Å². The van der Waals surface area contributed by atoms with Gasteiger partial charge in [0.05, 0.1) is 53.7 Å². The molecule has 7 nitrogen and oxygen atoms in total. The fourth-order valence-electron chi connectivity index (χ4n) is 2.31. The van der Waals surface area contributed by atoms with Crippen molar-refractivity contribution in [3.63, 3.8) is 0 Å². The molecule has 0 radical (unpaired) electrons. The van der Waals surface area contributed by atoms with E-state index in [-0.39, 0.29) is 62.8 Å². The van der Waals surface area contributed by atoms with Crippen LogP contribution in [0.25, 0.3) is 11.0 Å². The summed E-state index contributed by atoms with van der Waals surface area (Å²) in [6.07, 6.45) is 1.48. The quantitative estimate of drug-likeness (QED) is 0.576. The minimum Gasteiger partial charge on any atom is -0.493 e. The second-order valence-electron chi connectivity index (χ2n) is 5.12. The average molecular weight is 432 g/mol. The van der Waals surface area contributed by atoms with Crippen molar-refractivity contribution in [1.29, 1.82) is 0 Å². The second-order valence-corrected chi connectivity index (χ2v) is 6.49. The smallest absolute Gasteiger partial charge is 0.493 e. The first-order valence-corrected chi connectivity index (χ1v) is 8.72. The molecule has 0 saturated carbocycles. The van der Waals surface area contributed by atoms with Crippen LogP contribution in [0.2, 0.25) is 0 Å². The first kappa shape index (κ1) is 24.8. The molecule has 1 unspecified atom stereocenters. The molecule has 0 aliphatic heterocycles. The van der Waals surface area contributed by atoms with Crippen LogP contribution in [0.3, 0.4) is 0 Å². The van der Waals surface area contributed by atoms with Crippen LogP contribution < -0.4 is 14.2 Å². The van der Waals surface area contributed by atoms with Crippen LogP contribution >= 0.6 is 0 Å². The van der Waals surface area contributed by atoms with Crippen LogP contribution in [-0.2, 0) is 16.6 Å². The number of aromatic nitrogens is 3.